The normalized spacial score (nSPS) is 12.2. The van der Waals surface area contributed by atoms with E-state index in [2.05, 4.69) is 46.4 Å². The van der Waals surface area contributed by atoms with Crippen molar-refractivity contribution in [1.82, 2.24) is 9.97 Å². The van der Waals surface area contributed by atoms with Crippen LogP contribution in [0.4, 0.5) is 0 Å². The van der Waals surface area contributed by atoms with Crippen LogP contribution in [0.1, 0.15) is 6.92 Å². The molecule has 4 aromatic rings. The summed E-state index contributed by atoms with van der Waals surface area (Å²) in [5.41, 5.74) is 6.10. The van der Waals surface area contributed by atoms with Gasteiger partial charge in [0.1, 0.15) is 0 Å². The average Bonchev–Trinajstić information content (AvgIpc) is 3.09. The van der Waals surface area contributed by atoms with Crippen molar-refractivity contribution in [2.45, 2.75) is 17.3 Å². The van der Waals surface area contributed by atoms with Gasteiger partial charge in [0.25, 0.3) is 0 Å². The van der Waals surface area contributed by atoms with Crippen molar-refractivity contribution in [2.75, 3.05) is 0 Å². The molecule has 0 amide bonds. The molecule has 27 heavy (non-hydrogen) atoms. The van der Waals surface area contributed by atoms with Crippen molar-refractivity contribution in [3.05, 3.63) is 72.8 Å². The van der Waals surface area contributed by atoms with Gasteiger partial charge in [-0.05, 0) is 41.3 Å². The molecule has 0 bridgehead atoms. The lowest BCUT2D eigenvalue weighted by atomic mass is 9.94. The molecule has 0 aliphatic carbocycles. The Morgan fingerprint density at radius 3 is 2.07 bits per heavy atom. The van der Waals surface area contributed by atoms with Crippen molar-refractivity contribution in [3.63, 3.8) is 0 Å². The summed E-state index contributed by atoms with van der Waals surface area (Å²) in [5, 5.41) is 10.9. The van der Waals surface area contributed by atoms with E-state index in [-0.39, 0.29) is 0 Å². The molecule has 0 saturated heterocycles. The highest BCUT2D eigenvalue weighted by Gasteiger charge is 2.14. The summed E-state index contributed by atoms with van der Waals surface area (Å²) in [6.07, 6.45) is 0. The molecule has 0 aliphatic heterocycles. The number of benzene rings is 3. The summed E-state index contributed by atoms with van der Waals surface area (Å²) in [6.45, 7) is 1.60. The predicted octanol–water partition coefficient (Wildman–Crippen LogP) is 4.13. The van der Waals surface area contributed by atoms with Gasteiger partial charge in [-0.25, -0.2) is 4.98 Å². The lowest BCUT2D eigenvalue weighted by molar-refractivity contribution is -0.304. The van der Waals surface area contributed by atoms with Crippen LogP contribution in [0.3, 0.4) is 0 Å². The van der Waals surface area contributed by atoms with Gasteiger partial charge in [-0.3, -0.25) is 0 Å². The molecule has 0 saturated carbocycles. The van der Waals surface area contributed by atoms with Crippen molar-refractivity contribution in [3.8, 4) is 22.3 Å². The van der Waals surface area contributed by atoms with Crippen molar-refractivity contribution in [1.29, 1.82) is 0 Å². The van der Waals surface area contributed by atoms with E-state index in [1.165, 1.54) is 0 Å². The molecule has 1 heterocycles. The van der Waals surface area contributed by atoms with Crippen LogP contribution in [-0.2, 0) is 4.79 Å². The van der Waals surface area contributed by atoms with Crippen LogP contribution < -0.4 is 5.11 Å². The number of H-pyrrole nitrogens is 1. The van der Waals surface area contributed by atoms with Gasteiger partial charge in [0, 0.05) is 5.25 Å². The third-order valence-electron chi connectivity index (χ3n) is 4.39. The molecule has 4 nitrogen and oxygen atoms in total. The van der Waals surface area contributed by atoms with Gasteiger partial charge in [0.15, 0.2) is 5.16 Å². The Morgan fingerprint density at radius 1 is 0.963 bits per heavy atom. The van der Waals surface area contributed by atoms with Gasteiger partial charge >= 0.3 is 0 Å². The van der Waals surface area contributed by atoms with E-state index in [0.29, 0.717) is 5.16 Å². The van der Waals surface area contributed by atoms with Crippen molar-refractivity contribution >= 4 is 28.8 Å². The maximum Gasteiger partial charge on any atom is 0.166 e. The molecular formula is C22H17N2O2S-. The summed E-state index contributed by atoms with van der Waals surface area (Å²) >= 11 is 1.15. The standard InChI is InChI=1S/C22H18N2O2S/c1-14(21(25)26)27-22-23-19-12-17(15-8-4-2-5-9-15)18(13-20(19)24-22)16-10-6-3-7-11-16/h2-14H,1H3,(H,23,24)(H,25,26)/p-1/t14-/m0/s1. The Kier molecular flexibility index (Phi) is 4.69. The van der Waals surface area contributed by atoms with Gasteiger partial charge in [-0.15, -0.1) is 0 Å². The fourth-order valence-electron chi connectivity index (χ4n) is 3.02. The van der Waals surface area contributed by atoms with Crippen LogP contribution in [0.5, 0.6) is 0 Å². The van der Waals surface area contributed by atoms with E-state index in [0.717, 1.165) is 45.0 Å². The summed E-state index contributed by atoms with van der Waals surface area (Å²) in [6, 6.07) is 24.5. The molecule has 0 spiro atoms. The van der Waals surface area contributed by atoms with Crippen LogP contribution in [0.15, 0.2) is 78.0 Å². The quantitative estimate of drug-likeness (QED) is 0.534. The van der Waals surface area contributed by atoms with Gasteiger partial charge in [-0.2, -0.15) is 0 Å². The highest BCUT2D eigenvalue weighted by molar-refractivity contribution is 8.00. The first-order valence-corrected chi connectivity index (χ1v) is 9.52. The van der Waals surface area contributed by atoms with E-state index in [1.54, 1.807) is 6.92 Å². The van der Waals surface area contributed by atoms with Crippen LogP contribution >= 0.6 is 11.8 Å². The smallest absolute Gasteiger partial charge is 0.166 e. The number of aromatic nitrogens is 2. The zero-order valence-electron chi connectivity index (χ0n) is 14.7. The number of rotatable bonds is 5. The number of nitrogens with one attached hydrogen (secondary N) is 1. The average molecular weight is 373 g/mol. The van der Waals surface area contributed by atoms with E-state index in [1.807, 2.05) is 36.4 Å². The Hall–Kier alpha value is -3.05. The summed E-state index contributed by atoms with van der Waals surface area (Å²) in [4.78, 5) is 18.8. The number of fused-ring (bicyclic) bond motifs is 1. The van der Waals surface area contributed by atoms with Gasteiger partial charge in [0.05, 0.1) is 17.0 Å². The van der Waals surface area contributed by atoms with Crippen molar-refractivity contribution in [2.24, 2.45) is 0 Å². The molecule has 134 valence electrons. The largest absolute Gasteiger partial charge is 0.549 e. The number of thioether (sulfide) groups is 1. The summed E-state index contributed by atoms with van der Waals surface area (Å²) in [5.74, 6) is -1.10. The number of carbonyl (C=O) groups excluding carboxylic acids is 1. The lowest BCUT2D eigenvalue weighted by Gasteiger charge is -2.10. The van der Waals surface area contributed by atoms with Crippen molar-refractivity contribution < 1.29 is 9.90 Å². The summed E-state index contributed by atoms with van der Waals surface area (Å²) < 4.78 is 0. The SMILES string of the molecule is C[C@H](Sc1nc2cc(-c3ccccc3)c(-c3ccccc3)cc2[nH]1)C(=O)[O-]. The number of aliphatic carboxylic acids is 1. The number of carboxylic acid groups (broad SMARTS) is 1. The fraction of sp³-hybridized carbons (Fsp3) is 0.0909. The molecule has 0 unspecified atom stereocenters. The zero-order chi connectivity index (χ0) is 18.8. The third-order valence-corrected chi connectivity index (χ3v) is 5.35. The van der Waals surface area contributed by atoms with Crippen LogP contribution in [0.2, 0.25) is 0 Å². The Morgan fingerprint density at radius 2 is 1.52 bits per heavy atom. The van der Waals surface area contributed by atoms with Crippen LogP contribution in [0.25, 0.3) is 33.3 Å². The molecule has 3 aromatic carbocycles. The number of hydrogen-bond acceptors (Lipinski definition) is 4. The van der Waals surface area contributed by atoms with Gasteiger partial charge < -0.3 is 14.9 Å². The first kappa shape index (κ1) is 17.4. The lowest BCUT2D eigenvalue weighted by Crippen LogP contribution is -2.31. The van der Waals surface area contributed by atoms with Crippen LogP contribution in [-0.4, -0.2) is 21.2 Å². The number of nitrogens with zero attached hydrogens (tertiary/aromatic N) is 1. The zero-order valence-corrected chi connectivity index (χ0v) is 15.5. The first-order valence-electron chi connectivity index (χ1n) is 8.64. The second-order valence-corrected chi connectivity index (χ2v) is 7.60. The van der Waals surface area contributed by atoms with Gasteiger partial charge in [-0.1, -0.05) is 72.4 Å². The molecule has 0 fully saturated rings. The Balaban J connectivity index is 1.87. The number of hydrogen-bond donors (Lipinski definition) is 1. The maximum atomic E-state index is 11.0. The highest BCUT2D eigenvalue weighted by atomic mass is 32.2. The van der Waals surface area contributed by atoms with E-state index in [9.17, 15) is 9.90 Å². The highest BCUT2D eigenvalue weighted by Crippen LogP contribution is 2.36. The molecule has 0 aliphatic rings. The number of carboxylic acids is 1. The number of imidazole rings is 1. The monoisotopic (exact) mass is 373 g/mol. The Bertz CT molecular complexity index is 1010. The van der Waals surface area contributed by atoms with E-state index in [4.69, 9.17) is 0 Å². The molecule has 1 N–H and O–H groups in total. The molecule has 1 aromatic heterocycles. The van der Waals surface area contributed by atoms with Gasteiger partial charge in [0.2, 0.25) is 0 Å². The Labute approximate surface area is 161 Å². The predicted molar refractivity (Wildman–Crippen MR) is 107 cm³/mol. The summed E-state index contributed by atoms with van der Waals surface area (Å²) in [7, 11) is 0. The second kappa shape index (κ2) is 7.29. The molecule has 1 atom stereocenters. The maximum absolute atomic E-state index is 11.0. The van der Waals surface area contributed by atoms with Crippen LogP contribution in [0, 0.1) is 0 Å². The van der Waals surface area contributed by atoms with E-state index >= 15 is 0 Å². The third kappa shape index (κ3) is 3.59. The topological polar surface area (TPSA) is 68.8 Å². The molecular weight excluding hydrogens is 356 g/mol. The molecule has 5 heteroatoms. The molecule has 0 radical (unpaired) electrons. The fourth-order valence-corrected chi connectivity index (χ4v) is 3.77. The van der Waals surface area contributed by atoms with E-state index < -0.39 is 11.2 Å². The molecule has 4 rings (SSSR count). The number of carbonyl (C=O) groups is 1. The second-order valence-electron chi connectivity index (χ2n) is 6.27. The first-order chi connectivity index (χ1) is 13.1. The number of aromatic amines is 1. The minimum atomic E-state index is -1.10. The minimum absolute atomic E-state index is 0.575. The minimum Gasteiger partial charge on any atom is -0.549 e.